The van der Waals surface area contributed by atoms with Crippen LogP contribution in [0.15, 0.2) is 24.3 Å². The van der Waals surface area contributed by atoms with Gasteiger partial charge in [-0.3, -0.25) is 0 Å². The van der Waals surface area contributed by atoms with E-state index in [9.17, 15) is 13.2 Å². The van der Waals surface area contributed by atoms with Crippen LogP contribution in [0.5, 0.6) is 5.75 Å². The van der Waals surface area contributed by atoms with Crippen molar-refractivity contribution < 1.29 is 22.6 Å². The molecule has 1 aliphatic rings. The van der Waals surface area contributed by atoms with Crippen LogP contribution in [-0.2, 0) is 11.3 Å². The first kappa shape index (κ1) is 12.2. The van der Waals surface area contributed by atoms with E-state index >= 15 is 0 Å². The minimum atomic E-state index is -4.66. The molecule has 1 aliphatic heterocycles. The third kappa shape index (κ3) is 3.61. The highest BCUT2D eigenvalue weighted by Gasteiger charge is 2.32. The first-order chi connectivity index (χ1) is 8.04. The predicted molar refractivity (Wildman–Crippen MR) is 54.6 cm³/mol. The summed E-state index contributed by atoms with van der Waals surface area (Å²) < 4.78 is 45.3. The molecule has 0 aromatic heterocycles. The van der Waals surface area contributed by atoms with Crippen molar-refractivity contribution in [2.75, 3.05) is 13.2 Å². The van der Waals surface area contributed by atoms with Gasteiger partial charge in [-0.15, -0.1) is 13.2 Å². The molecule has 0 bridgehead atoms. The molecule has 1 aromatic carbocycles. The summed E-state index contributed by atoms with van der Waals surface area (Å²) in [6, 6.07) is 6.32. The molecule has 0 aliphatic carbocycles. The number of nitrogens with one attached hydrogen (secondary N) is 1. The Morgan fingerprint density at radius 2 is 2.00 bits per heavy atom. The quantitative estimate of drug-likeness (QED) is 0.883. The highest BCUT2D eigenvalue weighted by molar-refractivity contribution is 5.33. The molecular formula is C11H12F3NO2. The summed E-state index contributed by atoms with van der Waals surface area (Å²) in [6.07, 6.45) is -4.66. The summed E-state index contributed by atoms with van der Waals surface area (Å²) in [6.45, 7) is 1.53. The maximum atomic E-state index is 12.1. The summed E-state index contributed by atoms with van der Waals surface area (Å²) in [5, 5.41) is 3.09. The number of alkyl halides is 3. The number of ether oxygens (including phenoxy) is 2. The number of para-hydroxylation sites is 1. The van der Waals surface area contributed by atoms with E-state index < -0.39 is 6.36 Å². The highest BCUT2D eigenvalue weighted by atomic mass is 19.4. The largest absolute Gasteiger partial charge is 0.573 e. The van der Waals surface area contributed by atoms with Crippen molar-refractivity contribution >= 4 is 0 Å². The van der Waals surface area contributed by atoms with Gasteiger partial charge in [0.15, 0.2) is 0 Å². The van der Waals surface area contributed by atoms with Crippen LogP contribution in [0.2, 0.25) is 0 Å². The molecule has 0 amide bonds. The van der Waals surface area contributed by atoms with Gasteiger partial charge in [0.25, 0.3) is 0 Å². The van der Waals surface area contributed by atoms with Crippen LogP contribution in [-0.4, -0.2) is 25.6 Å². The molecule has 1 fully saturated rings. The van der Waals surface area contributed by atoms with E-state index in [4.69, 9.17) is 4.74 Å². The average molecular weight is 247 g/mol. The van der Waals surface area contributed by atoms with Gasteiger partial charge in [0.05, 0.1) is 19.3 Å². The monoisotopic (exact) mass is 247 g/mol. The summed E-state index contributed by atoms with van der Waals surface area (Å²) in [7, 11) is 0. The van der Waals surface area contributed by atoms with Crippen LogP contribution >= 0.6 is 0 Å². The molecule has 1 saturated heterocycles. The number of hydrogen-bond donors (Lipinski definition) is 1. The second-order valence-electron chi connectivity index (χ2n) is 3.77. The van der Waals surface area contributed by atoms with Crippen LogP contribution in [0.3, 0.4) is 0 Å². The third-order valence-corrected chi connectivity index (χ3v) is 2.42. The van der Waals surface area contributed by atoms with Gasteiger partial charge in [0, 0.05) is 12.1 Å². The fourth-order valence-corrected chi connectivity index (χ4v) is 1.48. The molecule has 1 heterocycles. The minimum Gasteiger partial charge on any atom is -0.405 e. The standard InChI is InChI=1S/C11H12F3NO2/c12-11(13,14)17-10-4-2-1-3-8(10)5-15-9-6-16-7-9/h1-4,9,15H,5-7H2. The SMILES string of the molecule is FC(F)(F)Oc1ccccc1CNC1COC1. The third-order valence-electron chi connectivity index (χ3n) is 2.42. The number of benzene rings is 1. The topological polar surface area (TPSA) is 30.5 Å². The molecule has 0 unspecified atom stereocenters. The zero-order chi connectivity index (χ0) is 12.3. The second-order valence-corrected chi connectivity index (χ2v) is 3.77. The van der Waals surface area contributed by atoms with E-state index in [0.29, 0.717) is 25.3 Å². The second kappa shape index (κ2) is 4.93. The van der Waals surface area contributed by atoms with Crippen molar-refractivity contribution in [1.82, 2.24) is 5.32 Å². The van der Waals surface area contributed by atoms with Gasteiger partial charge >= 0.3 is 6.36 Å². The number of rotatable bonds is 4. The molecule has 3 nitrogen and oxygen atoms in total. The van der Waals surface area contributed by atoms with Crippen molar-refractivity contribution in [3.05, 3.63) is 29.8 Å². The lowest BCUT2D eigenvalue weighted by Gasteiger charge is -2.27. The molecule has 2 rings (SSSR count). The van der Waals surface area contributed by atoms with E-state index in [0.717, 1.165) is 0 Å². The van der Waals surface area contributed by atoms with Crippen molar-refractivity contribution in [2.24, 2.45) is 0 Å². The maximum absolute atomic E-state index is 12.1. The molecule has 0 spiro atoms. The molecule has 0 atom stereocenters. The molecule has 17 heavy (non-hydrogen) atoms. The smallest absolute Gasteiger partial charge is 0.405 e. The number of hydrogen-bond acceptors (Lipinski definition) is 3. The van der Waals surface area contributed by atoms with Gasteiger partial charge in [-0.2, -0.15) is 0 Å². The first-order valence-electron chi connectivity index (χ1n) is 5.19. The van der Waals surface area contributed by atoms with Crippen LogP contribution < -0.4 is 10.1 Å². The molecular weight excluding hydrogens is 235 g/mol. The Hall–Kier alpha value is -1.27. The average Bonchev–Trinajstić information content (AvgIpc) is 2.16. The van der Waals surface area contributed by atoms with E-state index in [1.54, 1.807) is 12.1 Å². The number of halogens is 3. The Bertz CT molecular complexity index is 377. The van der Waals surface area contributed by atoms with Gasteiger partial charge in [0.1, 0.15) is 5.75 Å². The summed E-state index contributed by atoms with van der Waals surface area (Å²) in [4.78, 5) is 0. The van der Waals surface area contributed by atoms with Crippen molar-refractivity contribution in [3.63, 3.8) is 0 Å². The van der Waals surface area contributed by atoms with Gasteiger partial charge < -0.3 is 14.8 Å². The van der Waals surface area contributed by atoms with Crippen LogP contribution in [0.25, 0.3) is 0 Å². The molecule has 1 N–H and O–H groups in total. The fraction of sp³-hybridized carbons (Fsp3) is 0.455. The Morgan fingerprint density at radius 3 is 2.59 bits per heavy atom. The Balaban J connectivity index is 1.99. The van der Waals surface area contributed by atoms with Gasteiger partial charge in [0.2, 0.25) is 0 Å². The molecule has 6 heteroatoms. The van der Waals surface area contributed by atoms with Gasteiger partial charge in [-0.05, 0) is 6.07 Å². The van der Waals surface area contributed by atoms with E-state index in [-0.39, 0.29) is 11.8 Å². The summed E-state index contributed by atoms with van der Waals surface area (Å²) >= 11 is 0. The van der Waals surface area contributed by atoms with Gasteiger partial charge in [-0.25, -0.2) is 0 Å². The van der Waals surface area contributed by atoms with Crippen LogP contribution in [0.1, 0.15) is 5.56 Å². The summed E-state index contributed by atoms with van der Waals surface area (Å²) in [5.41, 5.74) is 0.483. The Labute approximate surface area is 96.5 Å². The normalized spacial score (nSPS) is 16.6. The highest BCUT2D eigenvalue weighted by Crippen LogP contribution is 2.26. The Kier molecular flexibility index (Phi) is 3.54. The fourth-order valence-electron chi connectivity index (χ4n) is 1.48. The lowest BCUT2D eigenvalue weighted by Crippen LogP contribution is -2.45. The van der Waals surface area contributed by atoms with Crippen molar-refractivity contribution in [3.8, 4) is 5.75 Å². The molecule has 0 radical (unpaired) electrons. The van der Waals surface area contributed by atoms with Gasteiger partial charge in [-0.1, -0.05) is 18.2 Å². The summed E-state index contributed by atoms with van der Waals surface area (Å²) in [5.74, 6) is -0.159. The van der Waals surface area contributed by atoms with Crippen molar-refractivity contribution in [2.45, 2.75) is 18.9 Å². The maximum Gasteiger partial charge on any atom is 0.573 e. The molecule has 94 valence electrons. The Morgan fingerprint density at radius 1 is 1.29 bits per heavy atom. The predicted octanol–water partition coefficient (Wildman–Crippen LogP) is 2.07. The van der Waals surface area contributed by atoms with Crippen LogP contribution in [0, 0.1) is 0 Å². The molecule has 1 aromatic rings. The first-order valence-corrected chi connectivity index (χ1v) is 5.19. The minimum absolute atomic E-state index is 0.159. The zero-order valence-corrected chi connectivity index (χ0v) is 8.96. The van der Waals surface area contributed by atoms with E-state index in [1.807, 2.05) is 0 Å². The lowest BCUT2D eigenvalue weighted by molar-refractivity contribution is -0.274. The zero-order valence-electron chi connectivity index (χ0n) is 8.96. The van der Waals surface area contributed by atoms with E-state index in [1.165, 1.54) is 12.1 Å². The van der Waals surface area contributed by atoms with Crippen LogP contribution in [0.4, 0.5) is 13.2 Å². The van der Waals surface area contributed by atoms with E-state index in [2.05, 4.69) is 10.1 Å². The lowest BCUT2D eigenvalue weighted by atomic mass is 10.1. The molecule has 0 saturated carbocycles. The van der Waals surface area contributed by atoms with Crippen molar-refractivity contribution in [1.29, 1.82) is 0 Å².